The van der Waals surface area contributed by atoms with Gasteiger partial charge < -0.3 is 14.9 Å². The van der Waals surface area contributed by atoms with Crippen LogP contribution in [0.15, 0.2) is 11.4 Å². The van der Waals surface area contributed by atoms with Gasteiger partial charge in [-0.1, -0.05) is 0 Å². The number of amides is 1. The van der Waals surface area contributed by atoms with E-state index in [1.54, 1.807) is 26.8 Å². The highest BCUT2D eigenvalue weighted by atomic mass is 32.1. The highest BCUT2D eigenvalue weighted by molar-refractivity contribution is 7.17. The number of rotatable bonds is 0. The summed E-state index contributed by atoms with van der Waals surface area (Å²) < 4.78 is 6.23. The lowest BCUT2D eigenvalue weighted by Gasteiger charge is -2.34. The van der Waals surface area contributed by atoms with E-state index < -0.39 is 17.8 Å². The second kappa shape index (κ2) is 5.39. The summed E-state index contributed by atoms with van der Waals surface area (Å²) in [6.07, 6.45) is -0.700. The molecule has 2 heterocycles. The van der Waals surface area contributed by atoms with Crippen molar-refractivity contribution in [3.63, 3.8) is 0 Å². The van der Waals surface area contributed by atoms with E-state index in [-0.39, 0.29) is 12.3 Å². The van der Waals surface area contributed by atoms with Crippen LogP contribution in [0, 0.1) is 6.92 Å². The molecule has 0 spiro atoms. The zero-order chi connectivity index (χ0) is 16.9. The van der Waals surface area contributed by atoms with E-state index in [9.17, 15) is 15.0 Å². The van der Waals surface area contributed by atoms with E-state index in [0.717, 1.165) is 21.2 Å². The number of carbonyl (C=O) groups is 1. The number of hydrogen-bond donors (Lipinski definition) is 2. The van der Waals surface area contributed by atoms with Crippen LogP contribution in [-0.4, -0.2) is 34.6 Å². The molecule has 0 aliphatic carbocycles. The Morgan fingerprint density at radius 3 is 2.78 bits per heavy atom. The van der Waals surface area contributed by atoms with Gasteiger partial charge in [0.05, 0.1) is 23.0 Å². The van der Waals surface area contributed by atoms with E-state index in [4.69, 9.17) is 4.74 Å². The summed E-state index contributed by atoms with van der Waals surface area (Å²) in [6.45, 7) is 7.54. The Labute approximate surface area is 139 Å². The molecule has 0 saturated carbocycles. The minimum absolute atomic E-state index is 0.154. The molecule has 124 valence electrons. The predicted octanol–water partition coefficient (Wildman–Crippen LogP) is 3.57. The van der Waals surface area contributed by atoms with Gasteiger partial charge in [-0.15, -0.1) is 11.3 Å². The minimum Gasteiger partial charge on any atom is -0.506 e. The molecule has 1 aliphatic rings. The number of aliphatic hydroxyl groups is 1. The number of β-amino-alcohol motifs (C(OH)–C–C–N with tert-alkyl or cyclic N) is 1. The van der Waals surface area contributed by atoms with Crippen LogP contribution in [0.3, 0.4) is 0 Å². The number of aliphatic hydroxyl groups excluding tert-OH is 1. The maximum absolute atomic E-state index is 12.5. The molecule has 0 radical (unpaired) electrons. The number of fused-ring (bicyclic) bond motifs is 3. The van der Waals surface area contributed by atoms with Crippen LogP contribution >= 0.6 is 11.3 Å². The van der Waals surface area contributed by atoms with Crippen molar-refractivity contribution < 1.29 is 19.7 Å². The van der Waals surface area contributed by atoms with Crippen molar-refractivity contribution in [2.24, 2.45) is 0 Å². The van der Waals surface area contributed by atoms with Crippen molar-refractivity contribution in [2.45, 2.75) is 45.8 Å². The molecule has 2 aromatic rings. The first-order valence-corrected chi connectivity index (χ1v) is 8.46. The molecule has 1 aliphatic heterocycles. The summed E-state index contributed by atoms with van der Waals surface area (Å²) >= 11 is 1.47. The molecular formula is C17H21NO4S. The molecule has 1 aromatic carbocycles. The molecule has 1 aromatic heterocycles. The van der Waals surface area contributed by atoms with Gasteiger partial charge in [0.15, 0.2) is 0 Å². The Hall–Kier alpha value is -1.79. The quantitative estimate of drug-likeness (QED) is 0.772. The molecule has 6 heteroatoms. The zero-order valence-electron chi connectivity index (χ0n) is 13.7. The predicted molar refractivity (Wildman–Crippen MR) is 91.5 cm³/mol. The Morgan fingerprint density at radius 2 is 2.13 bits per heavy atom. The van der Waals surface area contributed by atoms with Gasteiger partial charge in [0.1, 0.15) is 11.4 Å². The molecule has 2 N–H and O–H groups in total. The first kappa shape index (κ1) is 16.1. The van der Waals surface area contributed by atoms with E-state index in [1.165, 1.54) is 16.2 Å². The molecule has 3 rings (SSSR count). The Balaban J connectivity index is 2.14. The lowest BCUT2D eigenvalue weighted by molar-refractivity contribution is 0.0549. The van der Waals surface area contributed by atoms with E-state index >= 15 is 0 Å². The molecule has 0 fully saturated rings. The largest absolute Gasteiger partial charge is 0.506 e. The van der Waals surface area contributed by atoms with Crippen molar-refractivity contribution in [3.8, 4) is 5.75 Å². The number of aromatic hydroxyl groups is 1. The topological polar surface area (TPSA) is 70.0 Å². The number of carbonyl (C=O) groups excluding carboxylic acids is 1. The highest BCUT2D eigenvalue weighted by Crippen LogP contribution is 2.43. The number of benzene rings is 1. The Bertz CT molecular complexity index is 775. The number of thiophene rings is 1. The van der Waals surface area contributed by atoms with E-state index in [0.29, 0.717) is 12.1 Å². The van der Waals surface area contributed by atoms with Gasteiger partial charge in [0.2, 0.25) is 0 Å². The van der Waals surface area contributed by atoms with Gasteiger partial charge >= 0.3 is 6.09 Å². The molecular weight excluding hydrogens is 314 g/mol. The van der Waals surface area contributed by atoms with Crippen molar-refractivity contribution >= 4 is 33.2 Å². The maximum Gasteiger partial charge on any atom is 0.414 e. The third kappa shape index (κ3) is 2.88. The molecule has 0 unspecified atom stereocenters. The number of phenolic OH excluding ortho intramolecular Hbond substituents is 1. The van der Waals surface area contributed by atoms with Gasteiger partial charge in [-0.05, 0) is 44.2 Å². The number of hydrogen-bond acceptors (Lipinski definition) is 5. The molecule has 1 amide bonds. The van der Waals surface area contributed by atoms with Crippen molar-refractivity contribution in [3.05, 3.63) is 22.6 Å². The van der Waals surface area contributed by atoms with Gasteiger partial charge in [0, 0.05) is 17.9 Å². The first-order chi connectivity index (χ1) is 10.7. The number of nitrogens with zero attached hydrogens (tertiary/aromatic N) is 1. The SMILES string of the molecule is Cc1csc2c(O)cc3c(c12)C[C@H](O)CN3C(=O)OC(C)(C)C. The van der Waals surface area contributed by atoms with Gasteiger partial charge in [-0.3, -0.25) is 4.90 Å². The molecule has 5 nitrogen and oxygen atoms in total. The zero-order valence-corrected chi connectivity index (χ0v) is 14.5. The van der Waals surface area contributed by atoms with Crippen molar-refractivity contribution in [2.75, 3.05) is 11.4 Å². The monoisotopic (exact) mass is 335 g/mol. The lowest BCUT2D eigenvalue weighted by Crippen LogP contribution is -2.45. The first-order valence-electron chi connectivity index (χ1n) is 7.58. The van der Waals surface area contributed by atoms with Crippen LogP contribution in [0.4, 0.5) is 10.5 Å². The smallest absolute Gasteiger partial charge is 0.414 e. The Kier molecular flexibility index (Phi) is 3.77. The average Bonchev–Trinajstić information content (AvgIpc) is 2.80. The summed E-state index contributed by atoms with van der Waals surface area (Å²) in [7, 11) is 0. The second-order valence-corrected chi connectivity index (χ2v) is 7.84. The van der Waals surface area contributed by atoms with Gasteiger partial charge in [0.25, 0.3) is 0 Å². The van der Waals surface area contributed by atoms with Crippen LogP contribution in [0.1, 0.15) is 31.9 Å². The Morgan fingerprint density at radius 1 is 1.43 bits per heavy atom. The summed E-state index contributed by atoms with van der Waals surface area (Å²) in [5, 5.41) is 23.4. The average molecular weight is 335 g/mol. The van der Waals surface area contributed by atoms with E-state index in [1.807, 2.05) is 12.3 Å². The number of ether oxygens (including phenoxy) is 1. The van der Waals surface area contributed by atoms with E-state index in [2.05, 4.69) is 0 Å². The van der Waals surface area contributed by atoms with Crippen LogP contribution in [0.5, 0.6) is 5.75 Å². The van der Waals surface area contributed by atoms with Crippen LogP contribution in [0.2, 0.25) is 0 Å². The molecule has 0 bridgehead atoms. The fraction of sp³-hybridized carbons (Fsp3) is 0.471. The van der Waals surface area contributed by atoms with Gasteiger partial charge in [-0.2, -0.15) is 0 Å². The fourth-order valence-electron chi connectivity index (χ4n) is 2.96. The summed E-state index contributed by atoms with van der Waals surface area (Å²) in [5.74, 6) is 0.154. The normalized spacial score (nSPS) is 18.1. The fourth-order valence-corrected chi connectivity index (χ4v) is 3.96. The summed E-state index contributed by atoms with van der Waals surface area (Å²) in [4.78, 5) is 13.9. The van der Waals surface area contributed by atoms with Crippen LogP contribution in [0.25, 0.3) is 10.1 Å². The standard InChI is InChI=1S/C17H21NO4S/c1-9-8-23-15-13(20)6-12-11(14(9)15)5-10(19)7-18(12)16(21)22-17(2,3)4/h6,8,10,19-20H,5,7H2,1-4H3/t10-/m0/s1. The van der Waals surface area contributed by atoms with Crippen LogP contribution < -0.4 is 4.90 Å². The lowest BCUT2D eigenvalue weighted by atomic mass is 9.94. The molecule has 1 atom stereocenters. The minimum atomic E-state index is -0.651. The molecule has 0 saturated heterocycles. The summed E-state index contributed by atoms with van der Waals surface area (Å²) in [5.41, 5.74) is 1.93. The maximum atomic E-state index is 12.5. The van der Waals surface area contributed by atoms with Crippen LogP contribution in [-0.2, 0) is 11.2 Å². The number of aryl methyl sites for hydroxylation is 1. The van der Waals surface area contributed by atoms with Crippen molar-refractivity contribution in [1.82, 2.24) is 0 Å². The van der Waals surface area contributed by atoms with Gasteiger partial charge in [-0.25, -0.2) is 4.79 Å². The second-order valence-electron chi connectivity index (χ2n) is 6.97. The number of phenols is 1. The molecule has 23 heavy (non-hydrogen) atoms. The third-order valence-electron chi connectivity index (χ3n) is 3.83. The summed E-state index contributed by atoms with van der Waals surface area (Å²) in [6, 6.07) is 1.60. The van der Waals surface area contributed by atoms with Crippen molar-refractivity contribution in [1.29, 1.82) is 0 Å². The highest BCUT2D eigenvalue weighted by Gasteiger charge is 2.33. The third-order valence-corrected chi connectivity index (χ3v) is 4.95. The number of anilines is 1.